The van der Waals surface area contributed by atoms with E-state index in [0.717, 1.165) is 28.7 Å². The van der Waals surface area contributed by atoms with Crippen LogP contribution in [0.5, 0.6) is 0 Å². The van der Waals surface area contributed by atoms with E-state index in [0.29, 0.717) is 35.5 Å². The predicted molar refractivity (Wildman–Crippen MR) is 148 cm³/mol. The summed E-state index contributed by atoms with van der Waals surface area (Å²) in [6.45, 7) is 18.0. The molecule has 35 heavy (non-hydrogen) atoms. The molecule has 0 aliphatic heterocycles. The standard InChI is InChI=1S/C27H30N2O2.C3H8O/c1-7-11-24-22(9-3)25(27(30)29-31)23(10-4)26(28-24)21-16-14-20(15-17-21)19(8-2)13-12-18(5)6;1-2-3-4/h7-9,11-17,31H,2-3,10H2,1,4-6H3,(H,29,30);4H,2-3H2,1H3/b11-7-,19-13+;. The largest absolute Gasteiger partial charge is 0.396 e. The molecule has 5 heteroatoms. The molecule has 0 saturated heterocycles. The molecule has 186 valence electrons. The van der Waals surface area contributed by atoms with E-state index in [9.17, 15) is 10.0 Å². The fraction of sp³-hybridized carbons (Fsp3) is 0.267. The van der Waals surface area contributed by atoms with Crippen molar-refractivity contribution in [1.82, 2.24) is 10.5 Å². The van der Waals surface area contributed by atoms with Crippen molar-refractivity contribution in [1.29, 1.82) is 0 Å². The number of nitrogens with one attached hydrogen (secondary N) is 1. The normalized spacial score (nSPS) is 10.9. The molecule has 0 unspecified atom stereocenters. The molecular formula is C30H38N2O3. The van der Waals surface area contributed by atoms with Gasteiger partial charge in [-0.15, -0.1) is 0 Å². The van der Waals surface area contributed by atoms with Gasteiger partial charge in [-0.2, -0.15) is 0 Å². The van der Waals surface area contributed by atoms with Crippen LogP contribution in [0, 0.1) is 0 Å². The first-order chi connectivity index (χ1) is 16.8. The molecule has 0 bridgehead atoms. The number of nitrogens with zero attached hydrogens (tertiary/aromatic N) is 1. The molecule has 1 aromatic carbocycles. The molecule has 3 N–H and O–H groups in total. The molecule has 0 aliphatic carbocycles. The molecular weight excluding hydrogens is 436 g/mol. The molecule has 5 nitrogen and oxygen atoms in total. The van der Waals surface area contributed by atoms with Gasteiger partial charge in [0.2, 0.25) is 0 Å². The van der Waals surface area contributed by atoms with Crippen LogP contribution >= 0.6 is 0 Å². The van der Waals surface area contributed by atoms with Crippen LogP contribution in [0.3, 0.4) is 0 Å². The van der Waals surface area contributed by atoms with Gasteiger partial charge in [0.1, 0.15) is 0 Å². The zero-order valence-electron chi connectivity index (χ0n) is 21.6. The SMILES string of the molecule is C=C/C(=C\C=C(C)C)c1ccc(-c2nc(/C=C\C)c(C=C)c(C(=O)NO)c2CC)cc1.CCCO. The summed E-state index contributed by atoms with van der Waals surface area (Å²) in [4.78, 5) is 17.4. The minimum atomic E-state index is -0.573. The van der Waals surface area contributed by atoms with Gasteiger partial charge in [-0.3, -0.25) is 10.0 Å². The number of carbonyl (C=O) groups excluding carboxylic acids is 1. The summed E-state index contributed by atoms with van der Waals surface area (Å²) in [5.41, 5.74) is 9.01. The highest BCUT2D eigenvalue weighted by Gasteiger charge is 2.22. The van der Waals surface area contributed by atoms with Crippen molar-refractivity contribution >= 4 is 23.6 Å². The fourth-order valence-corrected chi connectivity index (χ4v) is 3.41. The van der Waals surface area contributed by atoms with E-state index in [4.69, 9.17) is 10.1 Å². The Kier molecular flexibility index (Phi) is 13.0. The molecule has 0 radical (unpaired) electrons. The van der Waals surface area contributed by atoms with E-state index in [1.165, 1.54) is 5.57 Å². The lowest BCUT2D eigenvalue weighted by atomic mass is 9.92. The van der Waals surface area contributed by atoms with Crippen LogP contribution in [-0.4, -0.2) is 27.8 Å². The number of rotatable bonds is 9. The number of allylic oxidation sites excluding steroid dienone is 6. The maximum Gasteiger partial charge on any atom is 0.275 e. The van der Waals surface area contributed by atoms with Crippen LogP contribution < -0.4 is 5.48 Å². The molecule has 0 spiro atoms. The Hall–Kier alpha value is -3.54. The fourth-order valence-electron chi connectivity index (χ4n) is 3.41. The zero-order valence-corrected chi connectivity index (χ0v) is 21.6. The number of aliphatic hydroxyl groups is 1. The van der Waals surface area contributed by atoms with Crippen molar-refractivity contribution in [3.8, 4) is 11.3 Å². The van der Waals surface area contributed by atoms with Crippen LogP contribution in [0.25, 0.3) is 29.0 Å². The van der Waals surface area contributed by atoms with Crippen molar-refractivity contribution in [3.05, 3.63) is 95.2 Å². The monoisotopic (exact) mass is 474 g/mol. The van der Waals surface area contributed by atoms with E-state index in [1.807, 2.05) is 83.2 Å². The van der Waals surface area contributed by atoms with Gasteiger partial charge in [0.15, 0.2) is 0 Å². The lowest BCUT2D eigenvalue weighted by molar-refractivity contribution is 0.0705. The smallest absolute Gasteiger partial charge is 0.275 e. The van der Waals surface area contributed by atoms with Crippen LogP contribution in [-0.2, 0) is 6.42 Å². The third kappa shape index (κ3) is 8.02. The summed E-state index contributed by atoms with van der Waals surface area (Å²) in [6, 6.07) is 8.02. The van der Waals surface area contributed by atoms with Crippen molar-refractivity contribution in [2.45, 2.75) is 47.5 Å². The summed E-state index contributed by atoms with van der Waals surface area (Å²) >= 11 is 0. The maximum atomic E-state index is 12.5. The van der Waals surface area contributed by atoms with Crippen molar-refractivity contribution in [2.24, 2.45) is 0 Å². The highest BCUT2D eigenvalue weighted by Crippen LogP contribution is 2.31. The van der Waals surface area contributed by atoms with E-state index in [2.05, 4.69) is 19.2 Å². The molecule has 1 aromatic heterocycles. The van der Waals surface area contributed by atoms with Gasteiger partial charge < -0.3 is 5.11 Å². The molecule has 0 fully saturated rings. The summed E-state index contributed by atoms with van der Waals surface area (Å²) in [5, 5.41) is 17.2. The Morgan fingerprint density at radius 3 is 2.17 bits per heavy atom. The summed E-state index contributed by atoms with van der Waals surface area (Å²) in [5.74, 6) is -0.573. The van der Waals surface area contributed by atoms with Gasteiger partial charge >= 0.3 is 0 Å². The number of hydroxylamine groups is 1. The Morgan fingerprint density at radius 2 is 1.74 bits per heavy atom. The van der Waals surface area contributed by atoms with Gasteiger partial charge in [0.05, 0.1) is 17.0 Å². The first-order valence-corrected chi connectivity index (χ1v) is 11.8. The topological polar surface area (TPSA) is 82.5 Å². The third-order valence-corrected chi connectivity index (χ3v) is 5.11. The van der Waals surface area contributed by atoms with E-state index >= 15 is 0 Å². The van der Waals surface area contributed by atoms with Gasteiger partial charge in [-0.25, -0.2) is 10.5 Å². The number of pyridine rings is 1. The predicted octanol–water partition coefficient (Wildman–Crippen LogP) is 7.03. The highest BCUT2D eigenvalue weighted by molar-refractivity contribution is 6.01. The first-order valence-electron chi connectivity index (χ1n) is 11.8. The second-order valence-corrected chi connectivity index (χ2v) is 7.98. The third-order valence-electron chi connectivity index (χ3n) is 5.11. The van der Waals surface area contributed by atoms with Crippen LogP contribution in [0.4, 0.5) is 0 Å². The molecule has 2 rings (SSSR count). The van der Waals surface area contributed by atoms with Gasteiger partial charge in [-0.1, -0.05) is 87.2 Å². The van der Waals surface area contributed by atoms with Gasteiger partial charge in [0.25, 0.3) is 5.91 Å². The second-order valence-electron chi connectivity index (χ2n) is 7.98. The number of aromatic nitrogens is 1. The van der Waals surface area contributed by atoms with Gasteiger partial charge in [-0.05, 0) is 56.4 Å². The number of hydrogen-bond acceptors (Lipinski definition) is 4. The van der Waals surface area contributed by atoms with E-state index < -0.39 is 5.91 Å². The minimum absolute atomic E-state index is 0.319. The van der Waals surface area contributed by atoms with Crippen molar-refractivity contribution in [3.63, 3.8) is 0 Å². The van der Waals surface area contributed by atoms with Crippen molar-refractivity contribution < 1.29 is 15.1 Å². The summed E-state index contributed by atoms with van der Waals surface area (Å²) in [7, 11) is 0. The molecule has 1 amide bonds. The molecule has 0 atom stereocenters. The number of benzene rings is 1. The maximum absolute atomic E-state index is 12.5. The quantitative estimate of drug-likeness (QED) is 0.207. The van der Waals surface area contributed by atoms with Crippen LogP contribution in [0.2, 0.25) is 0 Å². The van der Waals surface area contributed by atoms with Crippen LogP contribution in [0.1, 0.15) is 73.8 Å². The number of aliphatic hydroxyl groups excluding tert-OH is 1. The average Bonchev–Trinajstić information content (AvgIpc) is 2.88. The molecule has 0 aliphatic rings. The lowest BCUT2D eigenvalue weighted by Crippen LogP contribution is -2.23. The Bertz CT molecular complexity index is 1100. The molecule has 2 aromatic rings. The van der Waals surface area contributed by atoms with E-state index in [1.54, 1.807) is 11.6 Å². The number of carbonyl (C=O) groups is 1. The Balaban J connectivity index is 0.00000142. The highest BCUT2D eigenvalue weighted by atomic mass is 16.5. The molecule has 1 heterocycles. The van der Waals surface area contributed by atoms with E-state index in [-0.39, 0.29) is 0 Å². The average molecular weight is 475 g/mol. The molecule has 0 saturated carbocycles. The van der Waals surface area contributed by atoms with Gasteiger partial charge in [0, 0.05) is 17.7 Å². The van der Waals surface area contributed by atoms with Crippen molar-refractivity contribution in [2.75, 3.05) is 6.61 Å². The second kappa shape index (κ2) is 15.4. The number of hydrogen-bond donors (Lipinski definition) is 3. The minimum Gasteiger partial charge on any atom is -0.396 e. The number of amides is 1. The summed E-state index contributed by atoms with van der Waals surface area (Å²) in [6.07, 6.45) is 12.7. The zero-order chi connectivity index (χ0) is 26.4. The Morgan fingerprint density at radius 1 is 1.11 bits per heavy atom. The summed E-state index contributed by atoms with van der Waals surface area (Å²) < 4.78 is 0. The first kappa shape index (κ1) is 29.5. The Labute approximate surface area is 209 Å². The van der Waals surface area contributed by atoms with Crippen LogP contribution in [0.15, 0.2) is 67.3 Å². The lowest BCUT2D eigenvalue weighted by Gasteiger charge is -2.17.